The van der Waals surface area contributed by atoms with Crippen LogP contribution in [0.5, 0.6) is 11.8 Å². The van der Waals surface area contributed by atoms with Crippen LogP contribution in [0.1, 0.15) is 37.4 Å². The number of hydrogen-bond donors (Lipinski definition) is 0. The Morgan fingerprint density at radius 2 is 1.70 bits per heavy atom. The summed E-state index contributed by atoms with van der Waals surface area (Å²) < 4.78 is 15.2. The van der Waals surface area contributed by atoms with Gasteiger partial charge >= 0.3 is 5.97 Å². The number of rotatable bonds is 4. The number of methoxy groups -OCH3 is 3. The third kappa shape index (κ3) is 3.00. The molecule has 2 rings (SSSR count). The first-order chi connectivity index (χ1) is 9.69. The summed E-state index contributed by atoms with van der Waals surface area (Å²) in [5.74, 6) is 1.06. The van der Waals surface area contributed by atoms with E-state index in [0.29, 0.717) is 17.6 Å². The van der Waals surface area contributed by atoms with Gasteiger partial charge in [0.2, 0.25) is 11.8 Å². The normalized spacial score (nSPS) is 22.1. The van der Waals surface area contributed by atoms with Gasteiger partial charge in [0.25, 0.3) is 0 Å². The number of hydrogen-bond acceptors (Lipinski definition) is 6. The molecule has 110 valence electrons. The Morgan fingerprint density at radius 3 is 2.25 bits per heavy atom. The highest BCUT2D eigenvalue weighted by atomic mass is 16.5. The molecule has 0 radical (unpaired) electrons. The monoisotopic (exact) mass is 280 g/mol. The second-order valence-electron chi connectivity index (χ2n) is 4.83. The van der Waals surface area contributed by atoms with Crippen molar-refractivity contribution in [3.05, 3.63) is 11.9 Å². The third-order valence-corrected chi connectivity index (χ3v) is 3.72. The van der Waals surface area contributed by atoms with Gasteiger partial charge in [0.1, 0.15) is 5.82 Å². The lowest BCUT2D eigenvalue weighted by Gasteiger charge is -2.28. The number of ether oxygens (including phenoxy) is 3. The molecule has 1 aliphatic rings. The molecule has 6 nitrogen and oxygen atoms in total. The molecular formula is C14H20N2O4. The first-order valence-corrected chi connectivity index (χ1v) is 6.74. The maximum atomic E-state index is 11.9. The van der Waals surface area contributed by atoms with Crippen LogP contribution >= 0.6 is 0 Å². The molecule has 1 heterocycles. The van der Waals surface area contributed by atoms with E-state index in [4.69, 9.17) is 14.2 Å². The van der Waals surface area contributed by atoms with Crippen molar-refractivity contribution in [2.45, 2.75) is 31.6 Å². The zero-order chi connectivity index (χ0) is 14.5. The lowest BCUT2D eigenvalue weighted by Crippen LogP contribution is -2.28. The number of nitrogens with zero attached hydrogens (tertiary/aromatic N) is 2. The van der Waals surface area contributed by atoms with Crippen LogP contribution < -0.4 is 9.47 Å². The predicted molar refractivity (Wildman–Crippen MR) is 71.9 cm³/mol. The standard InChI is InChI=1S/C14H20N2O4/c1-18-11-8-12(19-2)16-13(15-11)9-6-4-5-7-10(9)14(17)20-3/h8-10H,4-7H2,1-3H3. The smallest absolute Gasteiger partial charge is 0.309 e. The molecule has 0 aliphatic heterocycles. The average molecular weight is 280 g/mol. The fraction of sp³-hybridized carbons (Fsp3) is 0.643. The minimum atomic E-state index is -0.194. The van der Waals surface area contributed by atoms with E-state index in [1.54, 1.807) is 20.3 Å². The Kier molecular flexibility index (Phi) is 4.76. The van der Waals surface area contributed by atoms with Crippen LogP contribution in [-0.4, -0.2) is 37.3 Å². The molecule has 1 aromatic rings. The van der Waals surface area contributed by atoms with Crippen LogP contribution in [0.3, 0.4) is 0 Å². The summed E-state index contributed by atoms with van der Waals surface area (Å²) in [7, 11) is 4.51. The highest BCUT2D eigenvalue weighted by molar-refractivity contribution is 5.73. The number of aromatic nitrogens is 2. The fourth-order valence-electron chi connectivity index (χ4n) is 2.67. The molecule has 0 bridgehead atoms. The van der Waals surface area contributed by atoms with Crippen molar-refractivity contribution in [2.24, 2.45) is 5.92 Å². The molecule has 0 amide bonds. The van der Waals surface area contributed by atoms with Crippen molar-refractivity contribution < 1.29 is 19.0 Å². The van der Waals surface area contributed by atoms with Crippen LogP contribution in [0.15, 0.2) is 6.07 Å². The third-order valence-electron chi connectivity index (χ3n) is 3.72. The molecule has 0 aromatic carbocycles. The van der Waals surface area contributed by atoms with Crippen molar-refractivity contribution in [3.63, 3.8) is 0 Å². The van der Waals surface area contributed by atoms with Crippen LogP contribution in [0.25, 0.3) is 0 Å². The van der Waals surface area contributed by atoms with Gasteiger partial charge in [0, 0.05) is 5.92 Å². The van der Waals surface area contributed by atoms with Crippen molar-refractivity contribution in [3.8, 4) is 11.8 Å². The summed E-state index contributed by atoms with van der Waals surface area (Å²) in [4.78, 5) is 20.7. The Balaban J connectivity index is 2.33. The summed E-state index contributed by atoms with van der Waals surface area (Å²) in [6.45, 7) is 0. The van der Waals surface area contributed by atoms with Crippen molar-refractivity contribution >= 4 is 5.97 Å². The molecule has 20 heavy (non-hydrogen) atoms. The van der Waals surface area contributed by atoms with Crippen LogP contribution in [-0.2, 0) is 9.53 Å². The number of carbonyl (C=O) groups excluding carboxylic acids is 1. The molecule has 0 N–H and O–H groups in total. The van der Waals surface area contributed by atoms with Crippen molar-refractivity contribution in [2.75, 3.05) is 21.3 Å². The average Bonchev–Trinajstić information content (AvgIpc) is 2.53. The van der Waals surface area contributed by atoms with Gasteiger partial charge in [-0.05, 0) is 12.8 Å². The van der Waals surface area contributed by atoms with Gasteiger partial charge in [-0.15, -0.1) is 0 Å². The van der Waals surface area contributed by atoms with Gasteiger partial charge in [-0.1, -0.05) is 12.8 Å². The van der Waals surface area contributed by atoms with E-state index in [0.717, 1.165) is 25.7 Å². The van der Waals surface area contributed by atoms with E-state index >= 15 is 0 Å². The molecule has 1 saturated carbocycles. The second kappa shape index (κ2) is 6.54. The zero-order valence-electron chi connectivity index (χ0n) is 12.1. The Labute approximate surface area is 118 Å². The molecule has 1 aliphatic carbocycles. The Hall–Kier alpha value is -1.85. The van der Waals surface area contributed by atoms with Gasteiger partial charge < -0.3 is 14.2 Å². The SMILES string of the molecule is COC(=O)C1CCCCC1c1nc(OC)cc(OC)n1. The van der Waals surface area contributed by atoms with Crippen LogP contribution in [0.4, 0.5) is 0 Å². The predicted octanol–water partition coefficient (Wildman–Crippen LogP) is 1.94. The van der Waals surface area contributed by atoms with E-state index in [1.807, 2.05) is 0 Å². The van der Waals surface area contributed by atoms with Crippen LogP contribution in [0, 0.1) is 5.92 Å². The highest BCUT2D eigenvalue weighted by Crippen LogP contribution is 2.38. The first kappa shape index (κ1) is 14.6. The molecule has 0 spiro atoms. The summed E-state index contributed by atoms with van der Waals surface area (Å²) in [6.07, 6.45) is 3.76. The summed E-state index contributed by atoms with van der Waals surface area (Å²) in [6, 6.07) is 1.62. The first-order valence-electron chi connectivity index (χ1n) is 6.74. The van der Waals surface area contributed by atoms with Crippen molar-refractivity contribution in [1.82, 2.24) is 9.97 Å². The fourth-order valence-corrected chi connectivity index (χ4v) is 2.67. The van der Waals surface area contributed by atoms with E-state index in [1.165, 1.54) is 7.11 Å². The minimum Gasteiger partial charge on any atom is -0.481 e. The van der Waals surface area contributed by atoms with E-state index < -0.39 is 0 Å². The highest BCUT2D eigenvalue weighted by Gasteiger charge is 2.35. The maximum absolute atomic E-state index is 11.9. The van der Waals surface area contributed by atoms with Crippen LogP contribution in [0.2, 0.25) is 0 Å². The zero-order valence-corrected chi connectivity index (χ0v) is 12.1. The number of esters is 1. The molecular weight excluding hydrogens is 260 g/mol. The van der Waals surface area contributed by atoms with Gasteiger partial charge in [-0.25, -0.2) is 0 Å². The maximum Gasteiger partial charge on any atom is 0.309 e. The van der Waals surface area contributed by atoms with Gasteiger partial charge in [0.15, 0.2) is 0 Å². The molecule has 1 aromatic heterocycles. The quantitative estimate of drug-likeness (QED) is 0.785. The molecule has 2 unspecified atom stereocenters. The van der Waals surface area contributed by atoms with E-state index in [9.17, 15) is 4.79 Å². The molecule has 1 fully saturated rings. The van der Waals surface area contributed by atoms with E-state index in [2.05, 4.69) is 9.97 Å². The Morgan fingerprint density at radius 1 is 1.10 bits per heavy atom. The van der Waals surface area contributed by atoms with Crippen molar-refractivity contribution in [1.29, 1.82) is 0 Å². The minimum absolute atomic E-state index is 0.0415. The van der Waals surface area contributed by atoms with Gasteiger partial charge in [-0.2, -0.15) is 9.97 Å². The molecule has 0 saturated heterocycles. The summed E-state index contributed by atoms with van der Waals surface area (Å²) >= 11 is 0. The second-order valence-corrected chi connectivity index (χ2v) is 4.83. The van der Waals surface area contributed by atoms with Gasteiger partial charge in [-0.3, -0.25) is 4.79 Å². The lowest BCUT2D eigenvalue weighted by atomic mass is 9.78. The summed E-state index contributed by atoms with van der Waals surface area (Å²) in [5.41, 5.74) is 0. The molecule has 6 heteroatoms. The topological polar surface area (TPSA) is 70.5 Å². The summed E-state index contributed by atoms with van der Waals surface area (Å²) in [5, 5.41) is 0. The molecule has 2 atom stereocenters. The lowest BCUT2D eigenvalue weighted by molar-refractivity contribution is -0.147. The number of carbonyl (C=O) groups is 1. The Bertz CT molecular complexity index is 456. The van der Waals surface area contributed by atoms with Gasteiger partial charge in [0.05, 0.1) is 33.3 Å². The van der Waals surface area contributed by atoms with E-state index in [-0.39, 0.29) is 17.8 Å². The largest absolute Gasteiger partial charge is 0.481 e.